The number of para-hydroxylation sites is 1. The van der Waals surface area contributed by atoms with Crippen LogP contribution in [0.2, 0.25) is 0 Å². The van der Waals surface area contributed by atoms with Gasteiger partial charge < -0.3 is 9.88 Å². The molecule has 0 aliphatic heterocycles. The van der Waals surface area contributed by atoms with E-state index in [1.165, 1.54) is 0 Å². The first-order chi connectivity index (χ1) is 14.0. The summed E-state index contributed by atoms with van der Waals surface area (Å²) in [4.78, 5) is 43.4. The Morgan fingerprint density at radius 3 is 2.45 bits per heavy atom. The number of carbonyl (C=O) groups excluding carboxylic acids is 1. The number of benzene rings is 2. The Labute approximate surface area is 167 Å². The topological polar surface area (TPSA) is 91.8 Å². The third kappa shape index (κ3) is 3.59. The van der Waals surface area contributed by atoms with Crippen LogP contribution in [0.5, 0.6) is 0 Å². The molecule has 0 atom stereocenters. The van der Waals surface area contributed by atoms with Crippen molar-refractivity contribution in [2.75, 3.05) is 6.54 Å². The number of amides is 1. The number of fused-ring (bicyclic) bond motifs is 2. The molecule has 7 nitrogen and oxygen atoms in total. The molecule has 0 bridgehead atoms. The van der Waals surface area contributed by atoms with Gasteiger partial charge in [0.1, 0.15) is 5.82 Å². The van der Waals surface area contributed by atoms with E-state index in [2.05, 4.69) is 19.9 Å². The predicted molar refractivity (Wildman–Crippen MR) is 112 cm³/mol. The van der Waals surface area contributed by atoms with Crippen molar-refractivity contribution in [2.45, 2.75) is 27.3 Å². The van der Waals surface area contributed by atoms with Crippen molar-refractivity contribution in [1.29, 1.82) is 0 Å². The molecule has 2 aromatic heterocycles. The van der Waals surface area contributed by atoms with Crippen molar-refractivity contribution in [1.82, 2.24) is 24.8 Å². The van der Waals surface area contributed by atoms with Crippen molar-refractivity contribution in [3.8, 4) is 0 Å². The van der Waals surface area contributed by atoms with E-state index in [9.17, 15) is 9.59 Å². The summed E-state index contributed by atoms with van der Waals surface area (Å²) >= 11 is 0. The van der Waals surface area contributed by atoms with Crippen LogP contribution in [0, 0.1) is 13.8 Å². The summed E-state index contributed by atoms with van der Waals surface area (Å²) in [5.74, 6) is 0.307. The molecule has 0 unspecified atom stereocenters. The average molecular weight is 387 g/mol. The van der Waals surface area contributed by atoms with Crippen LogP contribution in [0.4, 0.5) is 0 Å². The molecule has 0 radical (unpaired) electrons. The zero-order chi connectivity index (χ0) is 20.5. The summed E-state index contributed by atoms with van der Waals surface area (Å²) in [5.41, 5.74) is 4.09. The van der Waals surface area contributed by atoms with Gasteiger partial charge in [-0.15, -0.1) is 0 Å². The number of carbonyl (C=O) groups is 1. The summed E-state index contributed by atoms with van der Waals surface area (Å²) in [6.07, 6.45) is 0. The van der Waals surface area contributed by atoms with Crippen molar-refractivity contribution in [3.63, 3.8) is 0 Å². The van der Waals surface area contributed by atoms with Crippen LogP contribution in [0.3, 0.4) is 0 Å². The summed E-state index contributed by atoms with van der Waals surface area (Å²) in [6.45, 7) is 6.40. The Morgan fingerprint density at radius 2 is 1.69 bits per heavy atom. The fourth-order valence-electron chi connectivity index (χ4n) is 3.26. The SMILES string of the molecule is CCN(Cc1nc2ccccc2c(=O)[nH]1)C(=O)c1ccc2nc(C)c(C)nc2c1. The molecule has 0 fully saturated rings. The zero-order valence-corrected chi connectivity index (χ0v) is 16.6. The van der Waals surface area contributed by atoms with Crippen LogP contribution in [0.15, 0.2) is 47.3 Å². The van der Waals surface area contributed by atoms with Gasteiger partial charge in [-0.3, -0.25) is 9.59 Å². The van der Waals surface area contributed by atoms with E-state index >= 15 is 0 Å². The van der Waals surface area contributed by atoms with Crippen LogP contribution in [0.25, 0.3) is 21.9 Å². The Bertz CT molecular complexity index is 1300. The van der Waals surface area contributed by atoms with Gasteiger partial charge in [-0.1, -0.05) is 12.1 Å². The molecule has 29 heavy (non-hydrogen) atoms. The van der Waals surface area contributed by atoms with Gasteiger partial charge in [0.2, 0.25) is 0 Å². The van der Waals surface area contributed by atoms with Crippen LogP contribution >= 0.6 is 0 Å². The number of hydrogen-bond acceptors (Lipinski definition) is 5. The minimum atomic E-state index is -0.207. The van der Waals surface area contributed by atoms with Crippen LogP contribution in [-0.2, 0) is 6.54 Å². The first kappa shape index (κ1) is 18.7. The van der Waals surface area contributed by atoms with E-state index < -0.39 is 0 Å². The van der Waals surface area contributed by atoms with Gasteiger partial charge in [0, 0.05) is 12.1 Å². The molecular formula is C22H21N5O2. The van der Waals surface area contributed by atoms with E-state index in [0.29, 0.717) is 34.4 Å². The normalized spacial score (nSPS) is 11.1. The summed E-state index contributed by atoms with van der Waals surface area (Å²) < 4.78 is 0. The molecule has 4 aromatic rings. The van der Waals surface area contributed by atoms with Gasteiger partial charge >= 0.3 is 0 Å². The second-order valence-electron chi connectivity index (χ2n) is 6.95. The highest BCUT2D eigenvalue weighted by Crippen LogP contribution is 2.17. The van der Waals surface area contributed by atoms with Crippen LogP contribution in [-0.4, -0.2) is 37.3 Å². The Kier molecular flexibility index (Phi) is 4.80. The number of aryl methyl sites for hydroxylation is 2. The molecule has 0 saturated carbocycles. The highest BCUT2D eigenvalue weighted by molar-refractivity contribution is 5.97. The molecule has 1 N–H and O–H groups in total. The predicted octanol–water partition coefficient (Wildman–Crippen LogP) is 3.15. The Morgan fingerprint density at radius 1 is 0.966 bits per heavy atom. The number of hydrogen-bond donors (Lipinski definition) is 1. The van der Waals surface area contributed by atoms with Crippen LogP contribution < -0.4 is 5.56 Å². The summed E-state index contributed by atoms with van der Waals surface area (Å²) in [6, 6.07) is 12.5. The molecule has 0 aliphatic rings. The average Bonchev–Trinajstić information content (AvgIpc) is 2.72. The lowest BCUT2D eigenvalue weighted by Gasteiger charge is -2.20. The lowest BCUT2D eigenvalue weighted by Crippen LogP contribution is -2.32. The Balaban J connectivity index is 1.65. The number of nitrogens with zero attached hydrogens (tertiary/aromatic N) is 4. The maximum atomic E-state index is 13.1. The number of aromatic amines is 1. The van der Waals surface area contributed by atoms with Crippen LogP contribution in [0.1, 0.15) is 34.5 Å². The molecule has 7 heteroatoms. The fourth-order valence-corrected chi connectivity index (χ4v) is 3.26. The van der Waals surface area contributed by atoms with Crippen molar-refractivity contribution >= 4 is 27.8 Å². The lowest BCUT2D eigenvalue weighted by atomic mass is 10.1. The van der Waals surface area contributed by atoms with E-state index in [4.69, 9.17) is 0 Å². The van der Waals surface area contributed by atoms with Crippen molar-refractivity contribution in [3.05, 3.63) is 75.6 Å². The molecule has 4 rings (SSSR count). The van der Waals surface area contributed by atoms with Crippen molar-refractivity contribution in [2.24, 2.45) is 0 Å². The molecule has 0 aliphatic carbocycles. The molecular weight excluding hydrogens is 366 g/mol. The minimum absolute atomic E-state index is 0.148. The molecule has 0 saturated heterocycles. The van der Waals surface area contributed by atoms with Gasteiger partial charge in [0.25, 0.3) is 11.5 Å². The number of H-pyrrole nitrogens is 1. The first-order valence-corrected chi connectivity index (χ1v) is 9.48. The van der Waals surface area contributed by atoms with E-state index in [1.807, 2.05) is 32.9 Å². The van der Waals surface area contributed by atoms with Gasteiger partial charge in [0.15, 0.2) is 0 Å². The van der Waals surface area contributed by atoms with E-state index in [-0.39, 0.29) is 18.0 Å². The fraction of sp³-hybridized carbons (Fsp3) is 0.227. The number of nitrogens with one attached hydrogen (secondary N) is 1. The van der Waals surface area contributed by atoms with Gasteiger partial charge in [0.05, 0.1) is 39.9 Å². The third-order valence-electron chi connectivity index (χ3n) is 4.99. The third-order valence-corrected chi connectivity index (χ3v) is 4.99. The summed E-state index contributed by atoms with van der Waals surface area (Å²) in [5, 5.41) is 0.532. The number of aromatic nitrogens is 4. The molecule has 146 valence electrons. The van der Waals surface area contributed by atoms with Gasteiger partial charge in [-0.2, -0.15) is 0 Å². The second kappa shape index (κ2) is 7.43. The highest BCUT2D eigenvalue weighted by Gasteiger charge is 2.17. The van der Waals surface area contributed by atoms with Gasteiger partial charge in [-0.25, -0.2) is 15.0 Å². The molecule has 2 aromatic carbocycles. The van der Waals surface area contributed by atoms with E-state index in [0.717, 1.165) is 16.9 Å². The quantitative estimate of drug-likeness (QED) is 0.581. The minimum Gasteiger partial charge on any atom is -0.331 e. The maximum Gasteiger partial charge on any atom is 0.258 e. The Hall–Kier alpha value is -3.61. The molecule has 0 spiro atoms. The maximum absolute atomic E-state index is 13.1. The van der Waals surface area contributed by atoms with Crippen molar-refractivity contribution < 1.29 is 4.79 Å². The second-order valence-corrected chi connectivity index (χ2v) is 6.95. The number of rotatable bonds is 4. The largest absolute Gasteiger partial charge is 0.331 e. The molecule has 2 heterocycles. The monoisotopic (exact) mass is 387 g/mol. The first-order valence-electron chi connectivity index (χ1n) is 9.48. The lowest BCUT2D eigenvalue weighted by molar-refractivity contribution is 0.0748. The highest BCUT2D eigenvalue weighted by atomic mass is 16.2. The van der Waals surface area contributed by atoms with Gasteiger partial charge in [-0.05, 0) is 51.1 Å². The zero-order valence-electron chi connectivity index (χ0n) is 16.6. The summed E-state index contributed by atoms with van der Waals surface area (Å²) in [7, 11) is 0. The molecule has 1 amide bonds. The van der Waals surface area contributed by atoms with E-state index in [1.54, 1.807) is 35.2 Å². The smallest absolute Gasteiger partial charge is 0.258 e. The standard InChI is InChI=1S/C22H21N5O2/c1-4-27(12-20-25-17-8-6-5-7-16(17)21(28)26-20)22(29)15-9-10-18-19(11-15)24-14(3)13(2)23-18/h5-11H,4,12H2,1-3H3,(H,25,26,28).